The molecular formula is C12H18Zr. The third kappa shape index (κ3) is 6.44. The third-order valence-electron chi connectivity index (χ3n) is 2.31. The molecule has 0 bridgehead atoms. The van der Waals surface area contributed by atoms with Crippen LogP contribution < -0.4 is 0 Å². The van der Waals surface area contributed by atoms with Crippen molar-refractivity contribution in [3.8, 4) is 0 Å². The zero-order valence-corrected chi connectivity index (χ0v) is 11.2. The topological polar surface area (TPSA) is 0 Å². The summed E-state index contributed by atoms with van der Waals surface area (Å²) in [5.74, 6) is 0. The van der Waals surface area contributed by atoms with Crippen molar-refractivity contribution < 1.29 is 26.2 Å². The number of allylic oxidation sites excluding steroid dienone is 4. The molecule has 0 atom stereocenters. The Morgan fingerprint density at radius 3 is 1.31 bits per heavy atom. The first-order chi connectivity index (χ1) is 5.79. The van der Waals surface area contributed by atoms with Crippen LogP contribution in [0.15, 0.2) is 11.1 Å². The Bertz CT molecular complexity index is 167. The van der Waals surface area contributed by atoms with Crippen LogP contribution >= 0.6 is 0 Å². The molecule has 0 aromatic rings. The second-order valence-corrected chi connectivity index (χ2v) is 3.62. The Labute approximate surface area is 102 Å². The molecule has 2 aliphatic carbocycles. The van der Waals surface area contributed by atoms with Crippen LogP contribution in [0.2, 0.25) is 0 Å². The Balaban J connectivity index is 0.000000206. The van der Waals surface area contributed by atoms with Crippen LogP contribution in [0, 0.1) is 12.2 Å². The molecule has 0 N–H and O–H groups in total. The maximum Gasteiger partial charge on any atom is 2.00 e. The van der Waals surface area contributed by atoms with E-state index in [4.69, 9.17) is 0 Å². The Morgan fingerprint density at radius 2 is 1.23 bits per heavy atom. The van der Waals surface area contributed by atoms with E-state index in [0.29, 0.717) is 0 Å². The minimum atomic E-state index is 0. The first-order valence-electron chi connectivity index (χ1n) is 4.91. The van der Waals surface area contributed by atoms with Crippen LogP contribution in [0.1, 0.15) is 52.4 Å². The Morgan fingerprint density at radius 1 is 0.846 bits per heavy atom. The van der Waals surface area contributed by atoms with Gasteiger partial charge >= 0.3 is 26.2 Å². The number of rotatable bonds is 0. The molecule has 2 aliphatic rings. The molecule has 2 rings (SSSR count). The molecule has 70 valence electrons. The van der Waals surface area contributed by atoms with Gasteiger partial charge < -0.3 is 12.2 Å². The SMILES string of the molecule is CC1=[C-]CCC1.CC1=[C-]CCC1.[Zr+2]. The van der Waals surface area contributed by atoms with Gasteiger partial charge in [-0.05, 0) is 0 Å². The molecule has 0 saturated carbocycles. The van der Waals surface area contributed by atoms with Crippen molar-refractivity contribution in [2.75, 3.05) is 0 Å². The summed E-state index contributed by atoms with van der Waals surface area (Å²) in [5.41, 5.74) is 2.91. The molecule has 0 unspecified atom stereocenters. The second kappa shape index (κ2) is 7.74. The van der Waals surface area contributed by atoms with E-state index in [9.17, 15) is 0 Å². The summed E-state index contributed by atoms with van der Waals surface area (Å²) in [6.45, 7) is 4.29. The fraction of sp³-hybridized carbons (Fsp3) is 0.667. The second-order valence-electron chi connectivity index (χ2n) is 3.62. The summed E-state index contributed by atoms with van der Waals surface area (Å²) >= 11 is 0. The Hall–Kier alpha value is 0.363. The predicted octanol–water partition coefficient (Wildman–Crippen LogP) is 3.84. The summed E-state index contributed by atoms with van der Waals surface area (Å²) in [6, 6.07) is 0. The molecule has 1 heteroatoms. The summed E-state index contributed by atoms with van der Waals surface area (Å²) in [7, 11) is 0. The monoisotopic (exact) mass is 252 g/mol. The van der Waals surface area contributed by atoms with Gasteiger partial charge in [-0.3, -0.25) is 11.1 Å². The average molecular weight is 253 g/mol. The van der Waals surface area contributed by atoms with Crippen LogP contribution in [0.3, 0.4) is 0 Å². The number of hydrogen-bond acceptors (Lipinski definition) is 0. The van der Waals surface area contributed by atoms with Gasteiger partial charge in [0, 0.05) is 0 Å². The first kappa shape index (κ1) is 13.4. The maximum atomic E-state index is 3.24. The first-order valence-corrected chi connectivity index (χ1v) is 4.91. The van der Waals surface area contributed by atoms with Gasteiger partial charge in [0.1, 0.15) is 0 Å². The van der Waals surface area contributed by atoms with Crippen molar-refractivity contribution in [3.63, 3.8) is 0 Å². The van der Waals surface area contributed by atoms with E-state index >= 15 is 0 Å². The summed E-state index contributed by atoms with van der Waals surface area (Å²) in [6.07, 6.45) is 14.1. The van der Waals surface area contributed by atoms with Crippen molar-refractivity contribution in [1.29, 1.82) is 0 Å². The van der Waals surface area contributed by atoms with Crippen LogP contribution in [0.4, 0.5) is 0 Å². The molecular weight excluding hydrogens is 235 g/mol. The van der Waals surface area contributed by atoms with Gasteiger partial charge in [0.15, 0.2) is 0 Å². The van der Waals surface area contributed by atoms with Gasteiger partial charge in [0.2, 0.25) is 0 Å². The molecule has 0 aromatic heterocycles. The van der Waals surface area contributed by atoms with Gasteiger partial charge in [-0.25, -0.2) is 0 Å². The van der Waals surface area contributed by atoms with Crippen molar-refractivity contribution >= 4 is 0 Å². The van der Waals surface area contributed by atoms with Crippen LogP contribution in [0.5, 0.6) is 0 Å². The van der Waals surface area contributed by atoms with E-state index in [1.807, 2.05) is 0 Å². The van der Waals surface area contributed by atoms with Crippen LogP contribution in [-0.4, -0.2) is 0 Å². The Kier molecular flexibility index (Phi) is 7.95. The quantitative estimate of drug-likeness (QED) is 0.576. The standard InChI is InChI=1S/2C6H9.Zr/c2*1-6-4-2-3-5-6;/h2*2-4H2,1H3;/q2*-1;+2. The molecule has 0 saturated heterocycles. The van der Waals surface area contributed by atoms with Crippen molar-refractivity contribution in [2.45, 2.75) is 52.4 Å². The molecule has 0 nitrogen and oxygen atoms in total. The van der Waals surface area contributed by atoms with E-state index in [-0.39, 0.29) is 26.2 Å². The van der Waals surface area contributed by atoms with E-state index in [1.165, 1.54) is 49.7 Å². The fourth-order valence-corrected chi connectivity index (χ4v) is 1.49. The maximum absolute atomic E-state index is 3.24. The normalized spacial score (nSPS) is 19.5. The van der Waals surface area contributed by atoms with Crippen LogP contribution in [-0.2, 0) is 26.2 Å². The fourth-order valence-electron chi connectivity index (χ4n) is 1.49. The summed E-state index contributed by atoms with van der Waals surface area (Å²) < 4.78 is 0. The zero-order chi connectivity index (χ0) is 8.81. The van der Waals surface area contributed by atoms with E-state index in [2.05, 4.69) is 26.0 Å². The van der Waals surface area contributed by atoms with Gasteiger partial charge in [-0.1, -0.05) is 39.5 Å². The smallest absolute Gasteiger partial charge is 0.497 e. The minimum absolute atomic E-state index is 0. The zero-order valence-electron chi connectivity index (χ0n) is 8.74. The van der Waals surface area contributed by atoms with Crippen molar-refractivity contribution in [3.05, 3.63) is 23.3 Å². The minimum Gasteiger partial charge on any atom is -0.497 e. The van der Waals surface area contributed by atoms with E-state index in [1.54, 1.807) is 0 Å². The summed E-state index contributed by atoms with van der Waals surface area (Å²) in [4.78, 5) is 0. The number of hydrogen-bond donors (Lipinski definition) is 0. The predicted molar refractivity (Wildman–Crippen MR) is 52.6 cm³/mol. The van der Waals surface area contributed by atoms with Gasteiger partial charge in [-0.2, -0.15) is 12.8 Å². The molecule has 0 heterocycles. The largest absolute Gasteiger partial charge is 2.00 e. The molecule has 0 amide bonds. The molecule has 13 heavy (non-hydrogen) atoms. The van der Waals surface area contributed by atoms with Gasteiger partial charge in [0.25, 0.3) is 0 Å². The molecule has 0 spiro atoms. The van der Waals surface area contributed by atoms with Gasteiger partial charge in [0.05, 0.1) is 0 Å². The molecule has 0 fully saturated rings. The summed E-state index contributed by atoms with van der Waals surface area (Å²) in [5, 5.41) is 0. The molecule has 0 aliphatic heterocycles. The molecule has 0 aromatic carbocycles. The van der Waals surface area contributed by atoms with Crippen LogP contribution in [0.25, 0.3) is 0 Å². The van der Waals surface area contributed by atoms with E-state index in [0.717, 1.165) is 0 Å². The van der Waals surface area contributed by atoms with Crippen molar-refractivity contribution in [1.82, 2.24) is 0 Å². The third-order valence-corrected chi connectivity index (χ3v) is 2.31. The van der Waals surface area contributed by atoms with Crippen molar-refractivity contribution in [2.24, 2.45) is 0 Å². The van der Waals surface area contributed by atoms with Gasteiger partial charge in [-0.15, -0.1) is 0 Å². The average Bonchev–Trinajstić information content (AvgIpc) is 2.63. The molecule has 0 radical (unpaired) electrons. The van der Waals surface area contributed by atoms with E-state index < -0.39 is 0 Å².